The van der Waals surface area contributed by atoms with Crippen LogP contribution in [0.4, 0.5) is 5.82 Å². The monoisotopic (exact) mass is 247 g/mol. The molecule has 1 aromatic rings. The molecule has 0 amide bonds. The Morgan fingerprint density at radius 2 is 2.28 bits per heavy atom. The van der Waals surface area contributed by atoms with Crippen LogP contribution in [0.5, 0.6) is 5.88 Å². The van der Waals surface area contributed by atoms with Crippen molar-refractivity contribution in [1.82, 2.24) is 10.3 Å². The fraction of sp³-hybridized carbons (Fsp3) is 0.643. The van der Waals surface area contributed by atoms with Gasteiger partial charge in [-0.3, -0.25) is 0 Å². The van der Waals surface area contributed by atoms with Gasteiger partial charge in [0.1, 0.15) is 5.82 Å². The van der Waals surface area contributed by atoms with Gasteiger partial charge in [0.25, 0.3) is 0 Å². The molecule has 1 aliphatic heterocycles. The lowest BCUT2D eigenvalue weighted by atomic mass is 10.2. The first-order valence-corrected chi connectivity index (χ1v) is 6.88. The van der Waals surface area contributed by atoms with Gasteiger partial charge in [-0.2, -0.15) is 4.98 Å². The summed E-state index contributed by atoms with van der Waals surface area (Å²) in [7, 11) is 1.67. The zero-order chi connectivity index (χ0) is 12.4. The first-order valence-electron chi connectivity index (χ1n) is 6.88. The minimum atomic E-state index is 0.588. The van der Waals surface area contributed by atoms with Gasteiger partial charge in [-0.15, -0.1) is 0 Å². The fourth-order valence-electron chi connectivity index (χ4n) is 2.62. The van der Waals surface area contributed by atoms with Gasteiger partial charge < -0.3 is 15.0 Å². The number of anilines is 1. The second kappa shape index (κ2) is 5.14. The summed E-state index contributed by atoms with van der Waals surface area (Å²) in [4.78, 5) is 6.96. The lowest BCUT2D eigenvalue weighted by Crippen LogP contribution is -2.39. The highest BCUT2D eigenvalue weighted by Crippen LogP contribution is 2.26. The molecule has 1 aliphatic carbocycles. The van der Waals surface area contributed by atoms with Crippen molar-refractivity contribution >= 4 is 5.82 Å². The average molecular weight is 247 g/mol. The van der Waals surface area contributed by atoms with Crippen molar-refractivity contribution in [3.05, 3.63) is 18.2 Å². The molecule has 1 N–H and O–H groups in total. The second-order valence-electron chi connectivity index (χ2n) is 5.21. The molecule has 0 radical (unpaired) electrons. The molecular weight excluding hydrogens is 226 g/mol. The maximum Gasteiger partial charge on any atom is 0.214 e. The average Bonchev–Trinajstić information content (AvgIpc) is 3.13. The van der Waals surface area contributed by atoms with E-state index in [2.05, 4.69) is 21.3 Å². The molecular formula is C14H21N3O. The molecule has 98 valence electrons. The van der Waals surface area contributed by atoms with Gasteiger partial charge in [-0.05, 0) is 31.7 Å². The Balaban J connectivity index is 1.67. The third-order valence-corrected chi connectivity index (χ3v) is 3.81. The SMILES string of the molecule is COc1cccc(N2CCCC2CNC2CC2)n1. The Morgan fingerprint density at radius 1 is 1.39 bits per heavy atom. The third kappa shape index (κ3) is 2.58. The lowest BCUT2D eigenvalue weighted by molar-refractivity contribution is 0.397. The number of nitrogens with zero attached hydrogens (tertiary/aromatic N) is 2. The number of hydrogen-bond acceptors (Lipinski definition) is 4. The molecule has 0 spiro atoms. The van der Waals surface area contributed by atoms with E-state index in [4.69, 9.17) is 4.74 Å². The van der Waals surface area contributed by atoms with Crippen LogP contribution in [0.25, 0.3) is 0 Å². The zero-order valence-corrected chi connectivity index (χ0v) is 10.9. The zero-order valence-electron chi connectivity index (χ0n) is 10.9. The smallest absolute Gasteiger partial charge is 0.214 e. The third-order valence-electron chi connectivity index (χ3n) is 3.81. The first-order chi connectivity index (χ1) is 8.86. The van der Waals surface area contributed by atoms with Crippen molar-refractivity contribution < 1.29 is 4.74 Å². The van der Waals surface area contributed by atoms with Crippen LogP contribution >= 0.6 is 0 Å². The fourth-order valence-corrected chi connectivity index (χ4v) is 2.62. The van der Waals surface area contributed by atoms with Gasteiger partial charge in [0.2, 0.25) is 5.88 Å². The van der Waals surface area contributed by atoms with E-state index in [9.17, 15) is 0 Å². The van der Waals surface area contributed by atoms with Crippen molar-refractivity contribution in [3.63, 3.8) is 0 Å². The molecule has 1 aromatic heterocycles. The predicted octanol–water partition coefficient (Wildman–Crippen LogP) is 1.81. The highest BCUT2D eigenvalue weighted by Gasteiger charge is 2.28. The van der Waals surface area contributed by atoms with Crippen LogP contribution in [0, 0.1) is 0 Å². The number of ether oxygens (including phenoxy) is 1. The number of aromatic nitrogens is 1. The molecule has 4 nitrogen and oxygen atoms in total. The molecule has 1 atom stereocenters. The predicted molar refractivity (Wildman–Crippen MR) is 72.2 cm³/mol. The van der Waals surface area contributed by atoms with E-state index in [1.807, 2.05) is 12.1 Å². The highest BCUT2D eigenvalue weighted by molar-refractivity contribution is 5.43. The molecule has 1 saturated carbocycles. The molecule has 2 aliphatic rings. The van der Waals surface area contributed by atoms with Gasteiger partial charge in [0.05, 0.1) is 7.11 Å². The van der Waals surface area contributed by atoms with Gasteiger partial charge in [-0.25, -0.2) is 0 Å². The van der Waals surface area contributed by atoms with E-state index < -0.39 is 0 Å². The van der Waals surface area contributed by atoms with Crippen LogP contribution < -0.4 is 15.0 Å². The van der Waals surface area contributed by atoms with E-state index in [-0.39, 0.29) is 0 Å². The summed E-state index contributed by atoms with van der Waals surface area (Å²) >= 11 is 0. The van der Waals surface area contributed by atoms with Gasteiger partial charge in [-0.1, -0.05) is 6.07 Å². The minimum Gasteiger partial charge on any atom is -0.481 e. The Bertz CT molecular complexity index is 406. The number of hydrogen-bond donors (Lipinski definition) is 1. The van der Waals surface area contributed by atoms with E-state index in [0.29, 0.717) is 11.9 Å². The molecule has 0 aromatic carbocycles. The maximum atomic E-state index is 5.20. The summed E-state index contributed by atoms with van der Waals surface area (Å²) in [5, 5.41) is 3.63. The molecule has 3 rings (SSSR count). The molecule has 2 heterocycles. The number of rotatable bonds is 5. The second-order valence-corrected chi connectivity index (χ2v) is 5.21. The topological polar surface area (TPSA) is 37.4 Å². The largest absolute Gasteiger partial charge is 0.481 e. The minimum absolute atomic E-state index is 0.588. The normalized spacial score (nSPS) is 23.4. The summed E-state index contributed by atoms with van der Waals surface area (Å²) in [5.74, 6) is 1.75. The van der Waals surface area contributed by atoms with Crippen LogP contribution in [0.15, 0.2) is 18.2 Å². The summed E-state index contributed by atoms with van der Waals surface area (Å²) in [6, 6.07) is 7.37. The van der Waals surface area contributed by atoms with Crippen molar-refractivity contribution in [3.8, 4) is 5.88 Å². The van der Waals surface area contributed by atoms with E-state index in [1.54, 1.807) is 7.11 Å². The molecule has 0 bridgehead atoms. The first kappa shape index (κ1) is 11.8. The van der Waals surface area contributed by atoms with Crippen LogP contribution in [0.2, 0.25) is 0 Å². The molecule has 4 heteroatoms. The van der Waals surface area contributed by atoms with Crippen molar-refractivity contribution in [1.29, 1.82) is 0 Å². The molecule has 1 unspecified atom stereocenters. The number of pyridine rings is 1. The Hall–Kier alpha value is -1.29. The van der Waals surface area contributed by atoms with E-state index in [0.717, 1.165) is 24.9 Å². The van der Waals surface area contributed by atoms with Crippen molar-refractivity contribution in [2.24, 2.45) is 0 Å². The standard InChI is InChI=1S/C14H21N3O/c1-18-14-6-2-5-13(16-14)17-9-3-4-12(17)10-15-11-7-8-11/h2,5-6,11-12,15H,3-4,7-10H2,1H3. The molecule has 2 fully saturated rings. The Labute approximate surface area is 108 Å². The van der Waals surface area contributed by atoms with Crippen molar-refractivity contribution in [2.75, 3.05) is 25.1 Å². The number of nitrogens with one attached hydrogen (secondary N) is 1. The van der Waals surface area contributed by atoms with Gasteiger partial charge in [0, 0.05) is 31.2 Å². The lowest BCUT2D eigenvalue weighted by Gasteiger charge is -2.26. The summed E-state index contributed by atoms with van der Waals surface area (Å²) in [6.07, 6.45) is 5.22. The number of methoxy groups -OCH3 is 1. The summed E-state index contributed by atoms with van der Waals surface area (Å²) < 4.78 is 5.20. The Kier molecular flexibility index (Phi) is 3.37. The summed E-state index contributed by atoms with van der Waals surface area (Å²) in [5.41, 5.74) is 0. The van der Waals surface area contributed by atoms with E-state index >= 15 is 0 Å². The Morgan fingerprint density at radius 3 is 3.06 bits per heavy atom. The van der Waals surface area contributed by atoms with Crippen molar-refractivity contribution in [2.45, 2.75) is 37.8 Å². The van der Waals surface area contributed by atoms with Crippen LogP contribution in [-0.4, -0.2) is 37.3 Å². The molecule has 1 saturated heterocycles. The maximum absolute atomic E-state index is 5.20. The summed E-state index contributed by atoms with van der Waals surface area (Å²) in [6.45, 7) is 2.20. The van der Waals surface area contributed by atoms with Crippen LogP contribution in [-0.2, 0) is 0 Å². The molecule has 18 heavy (non-hydrogen) atoms. The van der Waals surface area contributed by atoms with E-state index in [1.165, 1.54) is 25.7 Å². The van der Waals surface area contributed by atoms with Gasteiger partial charge >= 0.3 is 0 Å². The highest BCUT2D eigenvalue weighted by atomic mass is 16.5. The van der Waals surface area contributed by atoms with Crippen LogP contribution in [0.3, 0.4) is 0 Å². The van der Waals surface area contributed by atoms with Gasteiger partial charge in [0.15, 0.2) is 0 Å². The quantitative estimate of drug-likeness (QED) is 0.861. The van der Waals surface area contributed by atoms with Crippen LogP contribution in [0.1, 0.15) is 25.7 Å².